The van der Waals surface area contributed by atoms with Gasteiger partial charge in [-0.3, -0.25) is 14.5 Å². The maximum atomic E-state index is 12.8. The highest BCUT2D eigenvalue weighted by molar-refractivity contribution is 14.1. The number of aromatic nitrogens is 1. The third-order valence-electron chi connectivity index (χ3n) is 4.03. The Morgan fingerprint density at radius 3 is 2.93 bits per heavy atom. The number of alkyl halides is 1. The van der Waals surface area contributed by atoms with E-state index in [0.717, 1.165) is 11.3 Å². The second kappa shape index (κ2) is 9.13. The topological polar surface area (TPSA) is 147 Å². The van der Waals surface area contributed by atoms with Crippen LogP contribution in [0.3, 0.4) is 0 Å². The van der Waals surface area contributed by atoms with Gasteiger partial charge in [-0.15, -0.1) is 23.1 Å². The molecular weight excluding hydrogens is 533 g/mol. The number of hydrogen-bond donors (Lipinski definition) is 3. The second-order valence-corrected chi connectivity index (χ2v) is 8.60. The molecule has 0 spiro atoms. The van der Waals surface area contributed by atoms with E-state index in [1.165, 1.54) is 22.7 Å². The molecule has 0 radical (unpaired) electrons. The van der Waals surface area contributed by atoms with E-state index in [2.05, 4.69) is 44.6 Å². The van der Waals surface area contributed by atoms with Crippen LogP contribution in [0, 0.1) is 0 Å². The summed E-state index contributed by atoms with van der Waals surface area (Å²) < 4.78 is 0.503. The SMILES string of the molecule is C=CCO/N=C(/C(=O)N[C@@H]1C(=O)N2C(C(=O)O)=C(CI)CS[C@H]12)c1csc(N)n1. The lowest BCUT2D eigenvalue weighted by atomic mass is 10.0. The van der Waals surface area contributed by atoms with Crippen molar-refractivity contribution in [2.45, 2.75) is 11.4 Å². The van der Waals surface area contributed by atoms with Crippen molar-refractivity contribution in [3.8, 4) is 0 Å². The molecule has 1 fully saturated rings. The van der Waals surface area contributed by atoms with Gasteiger partial charge in [-0.25, -0.2) is 9.78 Å². The Morgan fingerprint density at radius 2 is 2.34 bits per heavy atom. The lowest BCUT2D eigenvalue weighted by Gasteiger charge is -2.49. The summed E-state index contributed by atoms with van der Waals surface area (Å²) in [6.07, 6.45) is 1.46. The predicted molar refractivity (Wildman–Crippen MR) is 118 cm³/mol. The summed E-state index contributed by atoms with van der Waals surface area (Å²) in [6, 6.07) is -0.877. The summed E-state index contributed by atoms with van der Waals surface area (Å²) in [7, 11) is 0. The monoisotopic (exact) mass is 549 g/mol. The number of oxime groups is 1. The van der Waals surface area contributed by atoms with Crippen LogP contribution in [0.4, 0.5) is 5.13 Å². The molecule has 4 N–H and O–H groups in total. The van der Waals surface area contributed by atoms with Crippen molar-refractivity contribution >= 4 is 74.3 Å². The lowest BCUT2D eigenvalue weighted by molar-refractivity contribution is -0.150. The standard InChI is InChI=1S/C16H16IN5O5S2/c1-2-3-27-21-9(8-6-29-16(18)19-8)12(23)20-10-13(24)22-11(15(25)26)7(4-17)5-28-14(10)22/h2,6,10,14H,1,3-5H2,(H2,18,19)(H,20,23)(H,25,26)/b21-9+/t10-,14-/m1/s1. The number of thiazole rings is 1. The number of hydrogen-bond acceptors (Lipinski definition) is 9. The minimum Gasteiger partial charge on any atom is -0.477 e. The van der Waals surface area contributed by atoms with E-state index in [9.17, 15) is 19.5 Å². The fourth-order valence-corrected chi connectivity index (χ4v) is 5.64. The van der Waals surface area contributed by atoms with Crippen molar-refractivity contribution in [1.82, 2.24) is 15.2 Å². The fourth-order valence-electron chi connectivity index (χ4n) is 2.75. The molecule has 1 saturated heterocycles. The first-order valence-electron chi connectivity index (χ1n) is 8.18. The van der Waals surface area contributed by atoms with Crippen LogP contribution < -0.4 is 11.1 Å². The maximum absolute atomic E-state index is 12.8. The molecule has 1 aromatic heterocycles. The number of carbonyl (C=O) groups is 3. The number of aliphatic carboxylic acids is 1. The number of halogens is 1. The molecule has 13 heteroatoms. The van der Waals surface area contributed by atoms with E-state index < -0.39 is 29.2 Å². The lowest BCUT2D eigenvalue weighted by Crippen LogP contribution is -2.71. The number of anilines is 1. The average Bonchev–Trinajstić information content (AvgIpc) is 3.13. The van der Waals surface area contributed by atoms with Gasteiger partial charge in [0.1, 0.15) is 29.4 Å². The first-order valence-corrected chi connectivity index (χ1v) is 11.6. The number of carboxylic acid groups (broad SMARTS) is 1. The van der Waals surface area contributed by atoms with Gasteiger partial charge in [0, 0.05) is 15.6 Å². The molecule has 29 heavy (non-hydrogen) atoms. The smallest absolute Gasteiger partial charge is 0.352 e. The van der Waals surface area contributed by atoms with Gasteiger partial charge in [-0.1, -0.05) is 40.4 Å². The van der Waals surface area contributed by atoms with Gasteiger partial charge in [0.2, 0.25) is 0 Å². The number of amides is 2. The van der Waals surface area contributed by atoms with Crippen LogP contribution >= 0.6 is 45.7 Å². The normalized spacial score (nSPS) is 21.3. The van der Waals surface area contributed by atoms with Crippen molar-refractivity contribution < 1.29 is 24.3 Å². The molecule has 2 aliphatic heterocycles. The summed E-state index contributed by atoms with van der Waals surface area (Å²) >= 11 is 4.60. The number of carbonyl (C=O) groups excluding carboxylic acids is 2. The summed E-state index contributed by atoms with van der Waals surface area (Å²) in [6.45, 7) is 3.59. The van der Waals surface area contributed by atoms with Crippen LogP contribution in [0.1, 0.15) is 5.69 Å². The zero-order valence-electron chi connectivity index (χ0n) is 14.8. The Morgan fingerprint density at radius 1 is 1.59 bits per heavy atom. The molecule has 0 bridgehead atoms. The Balaban J connectivity index is 1.79. The Bertz CT molecular complexity index is 931. The zero-order valence-corrected chi connectivity index (χ0v) is 18.6. The molecule has 0 unspecified atom stereocenters. The average molecular weight is 549 g/mol. The molecule has 0 saturated carbocycles. The molecule has 1 aromatic rings. The summed E-state index contributed by atoms with van der Waals surface area (Å²) in [5, 5.41) is 17.2. The minimum absolute atomic E-state index is 0.00543. The summed E-state index contributed by atoms with van der Waals surface area (Å²) in [5.74, 6) is -1.84. The Labute approximate surface area is 187 Å². The zero-order chi connectivity index (χ0) is 21.1. The third kappa shape index (κ3) is 4.25. The van der Waals surface area contributed by atoms with Gasteiger partial charge in [0.25, 0.3) is 11.8 Å². The number of nitrogens with zero attached hydrogens (tertiary/aromatic N) is 3. The maximum Gasteiger partial charge on any atom is 0.352 e. The van der Waals surface area contributed by atoms with Gasteiger partial charge >= 0.3 is 5.97 Å². The van der Waals surface area contributed by atoms with Crippen molar-refractivity contribution in [2.24, 2.45) is 5.16 Å². The minimum atomic E-state index is -1.15. The third-order valence-corrected chi connectivity index (χ3v) is 6.96. The molecule has 2 amide bonds. The second-order valence-electron chi connectivity index (χ2n) is 5.85. The van der Waals surface area contributed by atoms with Gasteiger partial charge < -0.3 is 21.0 Å². The van der Waals surface area contributed by atoms with Crippen LogP contribution in [0.15, 0.2) is 34.5 Å². The van der Waals surface area contributed by atoms with Gasteiger partial charge in [0.05, 0.1) is 0 Å². The van der Waals surface area contributed by atoms with Gasteiger partial charge in [-0.2, -0.15) is 0 Å². The summed E-state index contributed by atoms with van der Waals surface area (Å²) in [5.41, 5.74) is 6.38. The number of nitrogen functional groups attached to an aromatic ring is 1. The van der Waals surface area contributed by atoms with Crippen LogP contribution in [-0.4, -0.2) is 66.7 Å². The van der Waals surface area contributed by atoms with Crippen LogP contribution in [-0.2, 0) is 19.2 Å². The number of rotatable bonds is 8. The van der Waals surface area contributed by atoms with Crippen LogP contribution in [0.25, 0.3) is 0 Å². The molecule has 10 nitrogen and oxygen atoms in total. The van der Waals surface area contributed by atoms with Crippen LogP contribution in [0.5, 0.6) is 0 Å². The van der Waals surface area contributed by atoms with E-state index in [1.54, 1.807) is 5.38 Å². The number of nitrogens with one attached hydrogen (secondary N) is 1. The summed E-state index contributed by atoms with van der Waals surface area (Å²) in [4.78, 5) is 47.3. The number of carboxylic acids is 1. The molecule has 0 aliphatic carbocycles. The van der Waals surface area contributed by atoms with Crippen molar-refractivity contribution in [3.05, 3.63) is 35.0 Å². The molecular formula is C16H16IN5O5S2. The van der Waals surface area contributed by atoms with E-state index in [0.29, 0.717) is 15.8 Å². The van der Waals surface area contributed by atoms with E-state index in [-0.39, 0.29) is 28.8 Å². The van der Waals surface area contributed by atoms with E-state index in [4.69, 9.17) is 10.6 Å². The van der Waals surface area contributed by atoms with Crippen LogP contribution in [0.2, 0.25) is 0 Å². The Hall–Kier alpha value is -2.13. The highest BCUT2D eigenvalue weighted by Crippen LogP contribution is 2.40. The van der Waals surface area contributed by atoms with E-state index >= 15 is 0 Å². The molecule has 3 heterocycles. The molecule has 2 aliphatic rings. The predicted octanol–water partition coefficient (Wildman–Crippen LogP) is 0.806. The number of fused-ring (bicyclic) bond motifs is 1. The fraction of sp³-hybridized carbons (Fsp3) is 0.312. The molecule has 2 atom stereocenters. The van der Waals surface area contributed by atoms with E-state index in [1.807, 2.05) is 0 Å². The molecule has 154 valence electrons. The first-order chi connectivity index (χ1) is 13.9. The number of nitrogens with two attached hydrogens (primary N) is 1. The number of β-lactam (4-membered cyclic amide) rings is 1. The molecule has 0 aromatic carbocycles. The first kappa shape index (κ1) is 21.6. The highest BCUT2D eigenvalue weighted by Gasteiger charge is 2.54. The molecule has 3 rings (SSSR count). The Kier molecular flexibility index (Phi) is 6.79. The van der Waals surface area contributed by atoms with Gasteiger partial charge in [0.15, 0.2) is 10.8 Å². The largest absolute Gasteiger partial charge is 0.477 e. The highest BCUT2D eigenvalue weighted by atomic mass is 127. The van der Waals surface area contributed by atoms with Crippen molar-refractivity contribution in [1.29, 1.82) is 0 Å². The van der Waals surface area contributed by atoms with Crippen molar-refractivity contribution in [2.75, 3.05) is 22.5 Å². The van der Waals surface area contributed by atoms with Crippen molar-refractivity contribution in [3.63, 3.8) is 0 Å². The number of thioether (sulfide) groups is 1. The quantitative estimate of drug-likeness (QED) is 0.0821. The van der Waals surface area contributed by atoms with Gasteiger partial charge in [-0.05, 0) is 5.57 Å².